The van der Waals surface area contributed by atoms with E-state index in [-0.39, 0.29) is 17.1 Å². The zero-order valence-corrected chi connectivity index (χ0v) is 12.0. The number of sulfonamides is 1. The van der Waals surface area contributed by atoms with Gasteiger partial charge >= 0.3 is 0 Å². The molecule has 1 aliphatic heterocycles. The third kappa shape index (κ3) is 4.46. The summed E-state index contributed by atoms with van der Waals surface area (Å²) < 4.78 is 37.1. The third-order valence-electron chi connectivity index (χ3n) is 2.91. The average molecular weight is 316 g/mol. The van der Waals surface area contributed by atoms with Gasteiger partial charge in [0.1, 0.15) is 0 Å². The molecular weight excluding hydrogens is 300 g/mol. The molecule has 9 heteroatoms. The van der Waals surface area contributed by atoms with E-state index in [1.165, 1.54) is 18.2 Å². The van der Waals surface area contributed by atoms with E-state index >= 15 is 0 Å². The highest BCUT2D eigenvalue weighted by Crippen LogP contribution is 2.17. The lowest BCUT2D eigenvalue weighted by atomic mass is 10.3. The van der Waals surface area contributed by atoms with Crippen LogP contribution in [0.3, 0.4) is 0 Å². The molecule has 0 aliphatic carbocycles. The molecule has 1 aromatic rings. The largest absolute Gasteiger partial charge is 0.353 e. The summed E-state index contributed by atoms with van der Waals surface area (Å²) in [6.45, 7) is 1.33. The number of nitrogens with one attached hydrogen (secondary N) is 1. The minimum atomic E-state index is -3.78. The molecule has 116 valence electrons. The van der Waals surface area contributed by atoms with Gasteiger partial charge in [-0.05, 0) is 12.5 Å². The second kappa shape index (κ2) is 6.94. The molecule has 0 unspecified atom stereocenters. The number of hydrogen-bond donors (Lipinski definition) is 1. The lowest BCUT2D eigenvalue weighted by Crippen LogP contribution is -2.31. The first-order valence-corrected chi connectivity index (χ1v) is 7.95. The highest BCUT2D eigenvalue weighted by atomic mass is 32.2. The fourth-order valence-corrected chi connectivity index (χ4v) is 2.95. The van der Waals surface area contributed by atoms with Gasteiger partial charge in [0.05, 0.1) is 23.0 Å². The maximum absolute atomic E-state index is 12.0. The van der Waals surface area contributed by atoms with Crippen LogP contribution in [0.25, 0.3) is 0 Å². The van der Waals surface area contributed by atoms with Gasteiger partial charge in [-0.3, -0.25) is 10.1 Å². The molecule has 0 spiro atoms. The average Bonchev–Trinajstić information content (AvgIpc) is 2.48. The first-order chi connectivity index (χ1) is 9.99. The van der Waals surface area contributed by atoms with Crippen molar-refractivity contribution in [3.63, 3.8) is 0 Å². The Labute approximate surface area is 122 Å². The van der Waals surface area contributed by atoms with Gasteiger partial charge in [0.2, 0.25) is 10.0 Å². The molecule has 0 atom stereocenters. The number of nitrogens with zero attached hydrogens (tertiary/aromatic N) is 1. The number of benzene rings is 1. The Morgan fingerprint density at radius 1 is 1.33 bits per heavy atom. The first kappa shape index (κ1) is 15.8. The van der Waals surface area contributed by atoms with E-state index in [4.69, 9.17) is 9.47 Å². The second-order valence-electron chi connectivity index (χ2n) is 4.47. The zero-order valence-electron chi connectivity index (χ0n) is 11.2. The van der Waals surface area contributed by atoms with Crippen LogP contribution in [-0.2, 0) is 19.5 Å². The topological polar surface area (TPSA) is 108 Å². The lowest BCUT2D eigenvalue weighted by Gasteiger charge is -2.23. The molecule has 1 saturated heterocycles. The molecule has 1 fully saturated rings. The molecule has 0 saturated carbocycles. The monoisotopic (exact) mass is 316 g/mol. The first-order valence-electron chi connectivity index (χ1n) is 6.46. The minimum Gasteiger partial charge on any atom is -0.353 e. The second-order valence-corrected chi connectivity index (χ2v) is 6.23. The van der Waals surface area contributed by atoms with Gasteiger partial charge in [0.25, 0.3) is 5.69 Å². The third-order valence-corrected chi connectivity index (χ3v) is 4.37. The molecule has 2 rings (SSSR count). The molecule has 0 aromatic heterocycles. The van der Waals surface area contributed by atoms with Crippen LogP contribution < -0.4 is 4.72 Å². The summed E-state index contributed by atoms with van der Waals surface area (Å²) in [5.74, 6) is 0. The van der Waals surface area contributed by atoms with E-state index in [1.54, 1.807) is 0 Å². The number of rotatable bonds is 6. The van der Waals surface area contributed by atoms with Gasteiger partial charge in [-0.2, -0.15) is 0 Å². The van der Waals surface area contributed by atoms with Crippen LogP contribution in [-0.4, -0.2) is 39.4 Å². The normalized spacial score (nSPS) is 16.8. The quantitative estimate of drug-likeness (QED) is 0.620. The van der Waals surface area contributed by atoms with Gasteiger partial charge < -0.3 is 9.47 Å². The molecule has 1 heterocycles. The van der Waals surface area contributed by atoms with Crippen LogP contribution in [0.5, 0.6) is 0 Å². The fourth-order valence-electron chi connectivity index (χ4n) is 1.86. The van der Waals surface area contributed by atoms with Crippen LogP contribution in [0.2, 0.25) is 0 Å². The highest BCUT2D eigenvalue weighted by molar-refractivity contribution is 7.89. The van der Waals surface area contributed by atoms with Crippen LogP contribution in [0.4, 0.5) is 5.69 Å². The van der Waals surface area contributed by atoms with Crippen LogP contribution in [0.15, 0.2) is 29.2 Å². The summed E-state index contributed by atoms with van der Waals surface area (Å²) in [7, 11) is -3.78. The van der Waals surface area contributed by atoms with E-state index in [9.17, 15) is 18.5 Å². The Morgan fingerprint density at radius 3 is 2.71 bits per heavy atom. The summed E-state index contributed by atoms with van der Waals surface area (Å²) >= 11 is 0. The van der Waals surface area contributed by atoms with Crippen LogP contribution in [0, 0.1) is 10.1 Å². The Kier molecular flexibility index (Phi) is 5.23. The van der Waals surface area contributed by atoms with Gasteiger partial charge in [0.15, 0.2) is 6.29 Å². The number of hydrogen-bond acceptors (Lipinski definition) is 6. The summed E-state index contributed by atoms with van der Waals surface area (Å²) in [6, 6.07) is 4.90. The standard InChI is InChI=1S/C12H16N2O6S/c15-14(16)10-3-1-4-11(9-10)21(17,18)13-6-5-12-19-7-2-8-20-12/h1,3-4,9,12-13H,2,5-8H2. The molecular formula is C12H16N2O6S. The SMILES string of the molecule is O=[N+]([O-])c1cccc(S(=O)(=O)NCCC2OCCCO2)c1. The number of nitro groups is 1. The van der Waals surface area contributed by atoms with E-state index in [2.05, 4.69) is 4.72 Å². The number of non-ortho nitro benzene ring substituents is 1. The predicted octanol–water partition coefficient (Wildman–Crippen LogP) is 1.03. The summed E-state index contributed by atoms with van der Waals surface area (Å²) in [4.78, 5) is 9.88. The molecule has 1 aromatic carbocycles. The Balaban J connectivity index is 1.94. The van der Waals surface area contributed by atoms with Crippen molar-refractivity contribution in [3.8, 4) is 0 Å². The van der Waals surface area contributed by atoms with Crippen molar-refractivity contribution < 1.29 is 22.8 Å². The molecule has 1 aliphatic rings. The number of nitro benzene ring substituents is 1. The highest BCUT2D eigenvalue weighted by Gasteiger charge is 2.19. The van der Waals surface area contributed by atoms with Crippen molar-refractivity contribution >= 4 is 15.7 Å². The van der Waals surface area contributed by atoms with Gasteiger partial charge in [0, 0.05) is 25.1 Å². The molecule has 8 nitrogen and oxygen atoms in total. The van der Waals surface area contributed by atoms with Gasteiger partial charge in [-0.25, -0.2) is 13.1 Å². The minimum absolute atomic E-state index is 0.135. The van der Waals surface area contributed by atoms with Crippen molar-refractivity contribution in [2.75, 3.05) is 19.8 Å². The predicted molar refractivity (Wildman–Crippen MR) is 73.2 cm³/mol. The van der Waals surface area contributed by atoms with E-state index in [0.717, 1.165) is 12.5 Å². The summed E-state index contributed by atoms with van der Waals surface area (Å²) in [6.07, 6.45) is 0.802. The van der Waals surface area contributed by atoms with Crippen LogP contribution in [0.1, 0.15) is 12.8 Å². The van der Waals surface area contributed by atoms with Gasteiger partial charge in [-0.15, -0.1) is 0 Å². The van der Waals surface area contributed by atoms with Crippen molar-refractivity contribution in [1.29, 1.82) is 0 Å². The van der Waals surface area contributed by atoms with Gasteiger partial charge in [-0.1, -0.05) is 6.07 Å². The maximum atomic E-state index is 12.0. The smallest absolute Gasteiger partial charge is 0.270 e. The fraction of sp³-hybridized carbons (Fsp3) is 0.500. The van der Waals surface area contributed by atoms with E-state index in [0.29, 0.717) is 19.6 Å². The Morgan fingerprint density at radius 2 is 2.05 bits per heavy atom. The number of ether oxygens (including phenoxy) is 2. The maximum Gasteiger partial charge on any atom is 0.270 e. The Hall–Kier alpha value is -1.55. The van der Waals surface area contributed by atoms with Crippen LogP contribution >= 0.6 is 0 Å². The summed E-state index contributed by atoms with van der Waals surface area (Å²) in [5, 5.41) is 10.7. The zero-order chi connectivity index (χ0) is 15.3. The Bertz CT molecular complexity index is 598. The van der Waals surface area contributed by atoms with E-state index < -0.39 is 21.2 Å². The summed E-state index contributed by atoms with van der Waals surface area (Å²) in [5.41, 5.74) is -0.267. The lowest BCUT2D eigenvalue weighted by molar-refractivity contribution is -0.385. The molecule has 0 radical (unpaired) electrons. The van der Waals surface area contributed by atoms with Crippen molar-refractivity contribution in [2.24, 2.45) is 0 Å². The molecule has 21 heavy (non-hydrogen) atoms. The molecule has 0 bridgehead atoms. The molecule has 0 amide bonds. The van der Waals surface area contributed by atoms with Crippen molar-refractivity contribution in [2.45, 2.75) is 24.0 Å². The van der Waals surface area contributed by atoms with E-state index in [1.807, 2.05) is 0 Å². The molecule has 1 N–H and O–H groups in total. The van der Waals surface area contributed by atoms with Crippen molar-refractivity contribution in [3.05, 3.63) is 34.4 Å². The van der Waals surface area contributed by atoms with Crippen molar-refractivity contribution in [1.82, 2.24) is 4.72 Å².